The van der Waals surface area contributed by atoms with E-state index in [1.165, 1.54) is 37.7 Å². The van der Waals surface area contributed by atoms with Gasteiger partial charge in [0.2, 0.25) is 0 Å². The van der Waals surface area contributed by atoms with E-state index >= 15 is 0 Å². The molecule has 1 aromatic carbocycles. The Balaban J connectivity index is 2.22. The Bertz CT molecular complexity index is 343. The molecule has 1 aliphatic carbocycles. The third-order valence-electron chi connectivity index (χ3n) is 4.31. The molecule has 1 saturated carbocycles. The fourth-order valence-corrected chi connectivity index (χ4v) is 3.23. The average Bonchev–Trinajstić information content (AvgIpc) is 2.46. The Hall–Kier alpha value is -0.860. The Morgan fingerprint density at radius 2 is 1.83 bits per heavy atom. The van der Waals surface area contributed by atoms with Crippen LogP contribution in [-0.4, -0.2) is 19.3 Å². The molecule has 2 N–H and O–H groups in total. The molecule has 100 valence electrons. The smallest absolute Gasteiger partial charge is 0.0626 e. The van der Waals surface area contributed by atoms with E-state index in [0.29, 0.717) is 6.61 Å². The largest absolute Gasteiger partial charge is 0.380 e. The van der Waals surface area contributed by atoms with Crippen LogP contribution in [0.25, 0.3) is 0 Å². The molecule has 1 unspecified atom stereocenters. The summed E-state index contributed by atoms with van der Waals surface area (Å²) in [5.74, 6) is 0. The minimum atomic E-state index is 0.111. The molecule has 2 heteroatoms. The first-order valence-electron chi connectivity index (χ1n) is 7.18. The van der Waals surface area contributed by atoms with Crippen molar-refractivity contribution in [3.05, 3.63) is 35.9 Å². The minimum Gasteiger partial charge on any atom is -0.380 e. The van der Waals surface area contributed by atoms with E-state index in [1.54, 1.807) is 0 Å². The van der Waals surface area contributed by atoms with Crippen molar-refractivity contribution >= 4 is 0 Å². The van der Waals surface area contributed by atoms with E-state index in [-0.39, 0.29) is 11.5 Å². The predicted molar refractivity (Wildman–Crippen MR) is 75.7 cm³/mol. The maximum absolute atomic E-state index is 6.48. The van der Waals surface area contributed by atoms with Crippen molar-refractivity contribution < 1.29 is 4.74 Å². The molecule has 0 radical (unpaired) electrons. The van der Waals surface area contributed by atoms with Crippen molar-refractivity contribution in [2.24, 2.45) is 5.73 Å². The number of rotatable bonds is 5. The molecule has 2 rings (SSSR count). The topological polar surface area (TPSA) is 35.2 Å². The summed E-state index contributed by atoms with van der Waals surface area (Å²) in [7, 11) is 0. The second kappa shape index (κ2) is 6.35. The van der Waals surface area contributed by atoms with Crippen LogP contribution in [0.3, 0.4) is 0 Å². The lowest BCUT2D eigenvalue weighted by molar-refractivity contribution is 0.0933. The molecule has 0 aliphatic heterocycles. The van der Waals surface area contributed by atoms with Crippen molar-refractivity contribution in [3.63, 3.8) is 0 Å². The zero-order valence-electron chi connectivity index (χ0n) is 11.4. The van der Waals surface area contributed by atoms with Crippen molar-refractivity contribution in [1.29, 1.82) is 0 Å². The lowest BCUT2D eigenvalue weighted by Crippen LogP contribution is -2.49. The van der Waals surface area contributed by atoms with Crippen LogP contribution in [0.5, 0.6) is 0 Å². The summed E-state index contributed by atoms with van der Waals surface area (Å²) in [5, 5.41) is 0. The summed E-state index contributed by atoms with van der Waals surface area (Å²) in [6, 6.07) is 10.9. The molecular weight excluding hydrogens is 222 g/mol. The Morgan fingerprint density at radius 3 is 2.44 bits per heavy atom. The average molecular weight is 247 g/mol. The SMILES string of the molecule is CCOCC(N)C1(c2ccccc2)CCCCC1. The number of ether oxygens (including phenoxy) is 1. The summed E-state index contributed by atoms with van der Waals surface area (Å²) in [6.07, 6.45) is 6.32. The fraction of sp³-hybridized carbons (Fsp3) is 0.625. The van der Waals surface area contributed by atoms with Crippen molar-refractivity contribution in [1.82, 2.24) is 0 Å². The van der Waals surface area contributed by atoms with Crippen LogP contribution in [0.15, 0.2) is 30.3 Å². The molecule has 0 saturated heterocycles. The fourth-order valence-electron chi connectivity index (χ4n) is 3.23. The second-order valence-corrected chi connectivity index (χ2v) is 5.35. The molecule has 0 heterocycles. The molecule has 1 aliphatic rings. The van der Waals surface area contributed by atoms with Gasteiger partial charge in [0.05, 0.1) is 6.61 Å². The maximum atomic E-state index is 6.48. The minimum absolute atomic E-state index is 0.111. The Morgan fingerprint density at radius 1 is 1.17 bits per heavy atom. The van der Waals surface area contributed by atoms with Crippen LogP contribution in [0, 0.1) is 0 Å². The van der Waals surface area contributed by atoms with Gasteiger partial charge in [-0.05, 0) is 25.3 Å². The summed E-state index contributed by atoms with van der Waals surface area (Å²) >= 11 is 0. The molecule has 1 fully saturated rings. The summed E-state index contributed by atoms with van der Waals surface area (Å²) in [6.45, 7) is 3.45. The van der Waals surface area contributed by atoms with Crippen LogP contribution >= 0.6 is 0 Å². The standard InChI is InChI=1S/C16H25NO/c1-2-18-13-15(17)16(11-7-4-8-12-16)14-9-5-3-6-10-14/h3,5-6,9-10,15H,2,4,7-8,11-13,17H2,1H3. The maximum Gasteiger partial charge on any atom is 0.0626 e. The highest BCUT2D eigenvalue weighted by Gasteiger charge is 2.39. The van der Waals surface area contributed by atoms with Gasteiger partial charge in [-0.15, -0.1) is 0 Å². The van der Waals surface area contributed by atoms with E-state index in [9.17, 15) is 0 Å². The highest BCUT2D eigenvalue weighted by atomic mass is 16.5. The predicted octanol–water partition coefficient (Wildman–Crippen LogP) is 3.25. The number of benzene rings is 1. The Labute approximate surface area is 111 Å². The number of hydrogen-bond donors (Lipinski definition) is 1. The second-order valence-electron chi connectivity index (χ2n) is 5.35. The van der Waals surface area contributed by atoms with Gasteiger partial charge < -0.3 is 10.5 Å². The van der Waals surface area contributed by atoms with E-state index in [2.05, 4.69) is 30.3 Å². The lowest BCUT2D eigenvalue weighted by Gasteiger charge is -2.42. The van der Waals surface area contributed by atoms with Gasteiger partial charge in [-0.3, -0.25) is 0 Å². The normalized spacial score (nSPS) is 20.6. The summed E-state index contributed by atoms with van der Waals surface area (Å²) in [5.41, 5.74) is 8.01. The van der Waals surface area contributed by atoms with E-state index in [0.717, 1.165) is 6.61 Å². The molecule has 0 spiro atoms. The summed E-state index contributed by atoms with van der Waals surface area (Å²) < 4.78 is 5.57. The molecular formula is C16H25NO. The van der Waals surface area contributed by atoms with Gasteiger partial charge in [0.25, 0.3) is 0 Å². The molecule has 2 nitrogen and oxygen atoms in total. The highest BCUT2D eigenvalue weighted by Crippen LogP contribution is 2.41. The van der Waals surface area contributed by atoms with E-state index < -0.39 is 0 Å². The van der Waals surface area contributed by atoms with Crippen LogP contribution in [0.4, 0.5) is 0 Å². The van der Waals surface area contributed by atoms with Crippen LogP contribution in [0.2, 0.25) is 0 Å². The van der Waals surface area contributed by atoms with Gasteiger partial charge in [0, 0.05) is 18.1 Å². The quantitative estimate of drug-likeness (QED) is 0.867. The van der Waals surface area contributed by atoms with Crippen LogP contribution in [-0.2, 0) is 10.2 Å². The third-order valence-corrected chi connectivity index (χ3v) is 4.31. The molecule has 0 amide bonds. The monoisotopic (exact) mass is 247 g/mol. The first kappa shape index (κ1) is 13.6. The third kappa shape index (κ3) is 2.76. The first-order valence-corrected chi connectivity index (χ1v) is 7.18. The van der Waals surface area contributed by atoms with Gasteiger partial charge in [0.15, 0.2) is 0 Å². The van der Waals surface area contributed by atoms with Gasteiger partial charge in [-0.25, -0.2) is 0 Å². The van der Waals surface area contributed by atoms with Gasteiger partial charge in [-0.2, -0.15) is 0 Å². The molecule has 18 heavy (non-hydrogen) atoms. The van der Waals surface area contributed by atoms with E-state index in [4.69, 9.17) is 10.5 Å². The van der Waals surface area contributed by atoms with E-state index in [1.807, 2.05) is 6.92 Å². The van der Waals surface area contributed by atoms with Gasteiger partial charge in [0.1, 0.15) is 0 Å². The van der Waals surface area contributed by atoms with Crippen LogP contribution < -0.4 is 5.73 Å². The lowest BCUT2D eigenvalue weighted by atomic mass is 9.65. The molecule has 0 bridgehead atoms. The zero-order valence-corrected chi connectivity index (χ0v) is 11.4. The summed E-state index contributed by atoms with van der Waals surface area (Å²) in [4.78, 5) is 0. The first-order chi connectivity index (χ1) is 8.79. The zero-order chi connectivity index (χ0) is 12.8. The van der Waals surface area contributed by atoms with Crippen molar-refractivity contribution in [3.8, 4) is 0 Å². The highest BCUT2D eigenvalue weighted by molar-refractivity contribution is 5.28. The van der Waals surface area contributed by atoms with Crippen molar-refractivity contribution in [2.45, 2.75) is 50.5 Å². The number of nitrogens with two attached hydrogens (primary N) is 1. The number of hydrogen-bond acceptors (Lipinski definition) is 2. The van der Waals surface area contributed by atoms with Gasteiger partial charge >= 0.3 is 0 Å². The molecule has 1 aromatic rings. The molecule has 1 atom stereocenters. The van der Waals surface area contributed by atoms with Crippen LogP contribution in [0.1, 0.15) is 44.6 Å². The van der Waals surface area contributed by atoms with Gasteiger partial charge in [-0.1, -0.05) is 49.6 Å². The van der Waals surface area contributed by atoms with Crippen molar-refractivity contribution in [2.75, 3.05) is 13.2 Å². The molecule has 0 aromatic heterocycles. The Kier molecular flexibility index (Phi) is 4.79.